The van der Waals surface area contributed by atoms with Crippen LogP contribution in [-0.2, 0) is 6.54 Å². The lowest BCUT2D eigenvalue weighted by Crippen LogP contribution is -2.11. The van der Waals surface area contributed by atoms with Crippen molar-refractivity contribution in [1.82, 2.24) is 15.5 Å². The largest absolute Gasteiger partial charge is 0.493 e. The lowest BCUT2D eigenvalue weighted by Gasteiger charge is -2.10. The molecule has 2 N–H and O–H groups in total. The predicted octanol–water partition coefficient (Wildman–Crippen LogP) is 2.20. The summed E-state index contributed by atoms with van der Waals surface area (Å²) in [5, 5.41) is 10.4. The second-order valence-corrected chi connectivity index (χ2v) is 4.12. The minimum absolute atomic E-state index is 0.712. The van der Waals surface area contributed by atoms with E-state index in [1.54, 1.807) is 14.2 Å². The standard InChI is InChI=1S/C14H19N3O2/c1-4-15-8-11-9-16-17-14(11)10-5-6-12(18-2)13(7-10)19-3/h5-7,9,15H,4,8H2,1-3H3,(H,16,17). The van der Waals surface area contributed by atoms with Gasteiger partial charge in [0.15, 0.2) is 11.5 Å². The van der Waals surface area contributed by atoms with E-state index >= 15 is 0 Å². The van der Waals surface area contributed by atoms with Crippen molar-refractivity contribution >= 4 is 0 Å². The highest BCUT2D eigenvalue weighted by Gasteiger charge is 2.11. The minimum atomic E-state index is 0.712. The minimum Gasteiger partial charge on any atom is -0.493 e. The van der Waals surface area contributed by atoms with Gasteiger partial charge in [-0.1, -0.05) is 6.92 Å². The average molecular weight is 261 g/mol. The fourth-order valence-corrected chi connectivity index (χ4v) is 1.95. The maximum atomic E-state index is 5.32. The third-order valence-corrected chi connectivity index (χ3v) is 2.96. The molecule has 0 unspecified atom stereocenters. The number of rotatable bonds is 6. The van der Waals surface area contributed by atoms with Gasteiger partial charge in [0.25, 0.3) is 0 Å². The van der Waals surface area contributed by atoms with Gasteiger partial charge in [-0.3, -0.25) is 5.10 Å². The molecular weight excluding hydrogens is 242 g/mol. The molecule has 0 spiro atoms. The molecule has 1 aromatic carbocycles. The zero-order chi connectivity index (χ0) is 13.7. The number of nitrogens with one attached hydrogen (secondary N) is 2. The van der Waals surface area contributed by atoms with E-state index in [1.165, 1.54) is 0 Å². The molecular formula is C14H19N3O2. The van der Waals surface area contributed by atoms with Crippen LogP contribution in [0, 0.1) is 0 Å². The average Bonchev–Trinajstić information content (AvgIpc) is 2.92. The highest BCUT2D eigenvalue weighted by Crippen LogP contribution is 2.32. The van der Waals surface area contributed by atoms with Gasteiger partial charge >= 0.3 is 0 Å². The zero-order valence-corrected chi connectivity index (χ0v) is 11.5. The van der Waals surface area contributed by atoms with Crippen molar-refractivity contribution in [3.63, 3.8) is 0 Å². The first kappa shape index (κ1) is 13.4. The number of methoxy groups -OCH3 is 2. The van der Waals surface area contributed by atoms with E-state index < -0.39 is 0 Å². The van der Waals surface area contributed by atoms with Gasteiger partial charge in [0.2, 0.25) is 0 Å². The van der Waals surface area contributed by atoms with Crippen molar-refractivity contribution in [1.29, 1.82) is 0 Å². The SMILES string of the molecule is CCNCc1cn[nH]c1-c1ccc(OC)c(OC)c1. The number of hydrogen-bond acceptors (Lipinski definition) is 4. The number of aromatic nitrogens is 2. The molecule has 1 aromatic heterocycles. The van der Waals surface area contributed by atoms with Crippen LogP contribution in [0.5, 0.6) is 11.5 Å². The van der Waals surface area contributed by atoms with Crippen molar-refractivity contribution in [2.75, 3.05) is 20.8 Å². The number of nitrogens with zero attached hydrogens (tertiary/aromatic N) is 1. The molecule has 19 heavy (non-hydrogen) atoms. The maximum Gasteiger partial charge on any atom is 0.161 e. The van der Waals surface area contributed by atoms with Crippen LogP contribution in [0.4, 0.5) is 0 Å². The fraction of sp³-hybridized carbons (Fsp3) is 0.357. The third-order valence-electron chi connectivity index (χ3n) is 2.96. The van der Waals surface area contributed by atoms with Crippen LogP contribution in [0.25, 0.3) is 11.3 Å². The number of hydrogen-bond donors (Lipinski definition) is 2. The number of aromatic amines is 1. The van der Waals surface area contributed by atoms with Gasteiger partial charge in [-0.15, -0.1) is 0 Å². The molecule has 0 bridgehead atoms. The number of ether oxygens (including phenoxy) is 2. The van der Waals surface area contributed by atoms with Crippen LogP contribution < -0.4 is 14.8 Å². The third kappa shape index (κ3) is 2.88. The lowest BCUT2D eigenvalue weighted by molar-refractivity contribution is 0.355. The first-order chi connectivity index (χ1) is 9.30. The Hall–Kier alpha value is -2.01. The summed E-state index contributed by atoms with van der Waals surface area (Å²) in [6.45, 7) is 3.80. The van der Waals surface area contributed by atoms with Crippen LogP contribution >= 0.6 is 0 Å². The highest BCUT2D eigenvalue weighted by molar-refractivity contribution is 5.66. The molecule has 2 aromatic rings. The Bertz CT molecular complexity index is 537. The molecule has 0 atom stereocenters. The molecule has 5 heteroatoms. The monoisotopic (exact) mass is 261 g/mol. The Balaban J connectivity index is 2.33. The Morgan fingerprint density at radius 1 is 1.21 bits per heavy atom. The molecule has 2 rings (SSSR count). The molecule has 102 valence electrons. The summed E-state index contributed by atoms with van der Waals surface area (Å²) in [6.07, 6.45) is 1.84. The quantitative estimate of drug-likeness (QED) is 0.837. The van der Waals surface area contributed by atoms with Gasteiger partial charge in [-0.25, -0.2) is 0 Å². The molecule has 0 aliphatic heterocycles. The summed E-state index contributed by atoms with van der Waals surface area (Å²) in [7, 11) is 3.26. The first-order valence-corrected chi connectivity index (χ1v) is 6.25. The zero-order valence-electron chi connectivity index (χ0n) is 11.5. The summed E-state index contributed by atoms with van der Waals surface area (Å²) < 4.78 is 10.6. The molecule has 0 aliphatic carbocycles. The van der Waals surface area contributed by atoms with Crippen molar-refractivity contribution in [3.8, 4) is 22.8 Å². The molecule has 0 saturated heterocycles. The molecule has 1 heterocycles. The maximum absolute atomic E-state index is 5.32. The van der Waals surface area contributed by atoms with E-state index in [9.17, 15) is 0 Å². The topological polar surface area (TPSA) is 59.2 Å². The van der Waals surface area contributed by atoms with Gasteiger partial charge in [0, 0.05) is 17.7 Å². The van der Waals surface area contributed by atoms with E-state index in [2.05, 4.69) is 22.4 Å². The fourth-order valence-electron chi connectivity index (χ4n) is 1.95. The van der Waals surface area contributed by atoms with Gasteiger partial charge in [-0.05, 0) is 24.7 Å². The van der Waals surface area contributed by atoms with Crippen LogP contribution in [-0.4, -0.2) is 31.0 Å². The van der Waals surface area contributed by atoms with E-state index in [1.807, 2.05) is 24.4 Å². The van der Waals surface area contributed by atoms with Gasteiger partial charge in [-0.2, -0.15) is 5.10 Å². The van der Waals surface area contributed by atoms with E-state index in [0.29, 0.717) is 5.75 Å². The Morgan fingerprint density at radius 2 is 2.00 bits per heavy atom. The van der Waals surface area contributed by atoms with Crippen LogP contribution in [0.1, 0.15) is 12.5 Å². The Kier molecular flexibility index (Phi) is 4.41. The van der Waals surface area contributed by atoms with E-state index in [-0.39, 0.29) is 0 Å². The highest BCUT2D eigenvalue weighted by atomic mass is 16.5. The van der Waals surface area contributed by atoms with Crippen LogP contribution in [0.2, 0.25) is 0 Å². The second kappa shape index (κ2) is 6.24. The van der Waals surface area contributed by atoms with Crippen molar-refractivity contribution in [2.45, 2.75) is 13.5 Å². The first-order valence-electron chi connectivity index (χ1n) is 6.25. The van der Waals surface area contributed by atoms with Crippen LogP contribution in [0.15, 0.2) is 24.4 Å². The Labute approximate surface area is 112 Å². The summed E-state index contributed by atoms with van der Waals surface area (Å²) in [4.78, 5) is 0. The number of benzene rings is 1. The smallest absolute Gasteiger partial charge is 0.161 e. The van der Waals surface area contributed by atoms with Gasteiger partial charge < -0.3 is 14.8 Å². The number of H-pyrrole nitrogens is 1. The summed E-state index contributed by atoms with van der Waals surface area (Å²) >= 11 is 0. The predicted molar refractivity (Wildman–Crippen MR) is 74.5 cm³/mol. The summed E-state index contributed by atoms with van der Waals surface area (Å²) in [6, 6.07) is 5.83. The molecule has 0 aliphatic rings. The molecule has 0 fully saturated rings. The summed E-state index contributed by atoms with van der Waals surface area (Å²) in [5.41, 5.74) is 3.17. The molecule has 0 saturated carbocycles. The molecule has 0 radical (unpaired) electrons. The van der Waals surface area contributed by atoms with E-state index in [4.69, 9.17) is 9.47 Å². The normalized spacial score (nSPS) is 10.5. The Morgan fingerprint density at radius 3 is 2.68 bits per heavy atom. The van der Waals surface area contributed by atoms with E-state index in [0.717, 1.165) is 35.7 Å². The van der Waals surface area contributed by atoms with Crippen molar-refractivity contribution in [2.24, 2.45) is 0 Å². The van der Waals surface area contributed by atoms with Crippen LogP contribution in [0.3, 0.4) is 0 Å². The van der Waals surface area contributed by atoms with Gasteiger partial charge in [0.1, 0.15) is 0 Å². The lowest BCUT2D eigenvalue weighted by atomic mass is 10.1. The molecule has 5 nitrogen and oxygen atoms in total. The molecule has 0 amide bonds. The second-order valence-electron chi connectivity index (χ2n) is 4.12. The summed E-state index contributed by atoms with van der Waals surface area (Å²) in [5.74, 6) is 1.43. The van der Waals surface area contributed by atoms with Crippen molar-refractivity contribution < 1.29 is 9.47 Å². The van der Waals surface area contributed by atoms with Crippen molar-refractivity contribution in [3.05, 3.63) is 30.0 Å². The van der Waals surface area contributed by atoms with Gasteiger partial charge in [0.05, 0.1) is 26.1 Å².